The van der Waals surface area contributed by atoms with E-state index in [9.17, 15) is 13.2 Å². The predicted octanol–water partition coefficient (Wildman–Crippen LogP) is 1.19. The molecular weight excluding hydrogens is 326 g/mol. The first kappa shape index (κ1) is 15.3. The number of rotatable bonds is 3. The monoisotopic (exact) mass is 341 g/mol. The minimum Gasteiger partial charge on any atom is -0.341 e. The molecule has 3 rings (SSSR count). The van der Waals surface area contributed by atoms with Gasteiger partial charge in [-0.15, -0.1) is 0 Å². The second-order valence-electron chi connectivity index (χ2n) is 5.27. The van der Waals surface area contributed by atoms with Gasteiger partial charge in [0.25, 0.3) is 0 Å². The number of nitrogens with one attached hydrogen (secondary N) is 1. The zero-order chi connectivity index (χ0) is 15.9. The predicted molar refractivity (Wildman–Crippen MR) is 85.2 cm³/mol. The van der Waals surface area contributed by atoms with E-state index < -0.39 is 15.8 Å². The van der Waals surface area contributed by atoms with E-state index in [0.29, 0.717) is 24.7 Å². The van der Waals surface area contributed by atoms with Gasteiger partial charge in [0.05, 0.1) is 6.54 Å². The average molecular weight is 342 g/mol. The topological polar surface area (TPSA) is 71.4 Å². The van der Waals surface area contributed by atoms with Crippen molar-refractivity contribution in [3.05, 3.63) is 35.0 Å². The van der Waals surface area contributed by atoms with Crippen molar-refractivity contribution in [3.63, 3.8) is 0 Å². The van der Waals surface area contributed by atoms with Crippen molar-refractivity contribution in [1.29, 1.82) is 0 Å². The van der Waals surface area contributed by atoms with Crippen LogP contribution in [0.25, 0.3) is 10.9 Å². The number of benzene rings is 1. The Kier molecular flexibility index (Phi) is 3.88. The molecule has 2 heterocycles. The van der Waals surface area contributed by atoms with Crippen LogP contribution in [0.5, 0.6) is 0 Å². The second kappa shape index (κ2) is 5.57. The Bertz CT molecular complexity index is 844. The van der Waals surface area contributed by atoms with Crippen molar-refractivity contribution in [2.75, 3.05) is 19.3 Å². The van der Waals surface area contributed by atoms with Crippen LogP contribution in [0.3, 0.4) is 0 Å². The Labute approximate surface area is 133 Å². The summed E-state index contributed by atoms with van der Waals surface area (Å²) >= 11 is 6.03. The summed E-state index contributed by atoms with van der Waals surface area (Å²) < 4.78 is 27.3. The molecule has 0 unspecified atom stereocenters. The first-order valence-electron chi connectivity index (χ1n) is 6.86. The van der Waals surface area contributed by atoms with Gasteiger partial charge in [0, 0.05) is 34.7 Å². The molecule has 1 N–H and O–H groups in total. The molecule has 0 spiro atoms. The lowest BCUT2D eigenvalue weighted by atomic mass is 10.2. The lowest BCUT2D eigenvalue weighted by molar-refractivity contribution is -0.129. The second-order valence-corrected chi connectivity index (χ2v) is 7.63. The molecule has 1 amide bonds. The molecule has 0 atom stereocenters. The maximum absolute atomic E-state index is 12.1. The van der Waals surface area contributed by atoms with Gasteiger partial charge >= 0.3 is 0 Å². The van der Waals surface area contributed by atoms with Crippen LogP contribution in [0.15, 0.2) is 24.3 Å². The average Bonchev–Trinajstić information content (AvgIpc) is 2.83. The number of fused-ring (bicyclic) bond motifs is 3. The Balaban J connectivity index is 1.85. The maximum Gasteiger partial charge on any atom is 0.239 e. The summed E-state index contributed by atoms with van der Waals surface area (Å²) in [5.41, 5.74) is 2.02. The lowest BCUT2D eigenvalue weighted by Crippen LogP contribution is -2.42. The van der Waals surface area contributed by atoms with E-state index in [-0.39, 0.29) is 5.91 Å². The minimum absolute atomic E-state index is 0.385. The number of hydrogen-bond acceptors (Lipinski definition) is 3. The number of halogens is 1. The van der Waals surface area contributed by atoms with Crippen molar-refractivity contribution < 1.29 is 13.2 Å². The molecule has 1 aliphatic rings. The standard InChI is InChI=1S/C14H16ClN3O3S/c1-16-22(20,21)9-14(19)17-4-5-18-12(8-17)6-10-2-3-11(15)7-13(10)18/h2-3,6-7,16H,4-5,8-9H2,1H3. The Morgan fingerprint density at radius 2 is 2.09 bits per heavy atom. The summed E-state index contributed by atoms with van der Waals surface area (Å²) in [7, 11) is -2.24. The smallest absolute Gasteiger partial charge is 0.239 e. The van der Waals surface area contributed by atoms with Crippen molar-refractivity contribution in [2.45, 2.75) is 13.1 Å². The van der Waals surface area contributed by atoms with Gasteiger partial charge in [0.2, 0.25) is 15.9 Å². The molecule has 1 aliphatic heterocycles. The summed E-state index contributed by atoms with van der Waals surface area (Å²) in [6, 6.07) is 7.69. The third kappa shape index (κ3) is 2.84. The first-order chi connectivity index (χ1) is 10.4. The molecule has 0 fully saturated rings. The van der Waals surface area contributed by atoms with Crippen molar-refractivity contribution in [1.82, 2.24) is 14.2 Å². The summed E-state index contributed by atoms with van der Waals surface area (Å²) in [5, 5.41) is 1.74. The highest BCUT2D eigenvalue weighted by molar-refractivity contribution is 7.90. The van der Waals surface area contributed by atoms with Crippen molar-refractivity contribution >= 4 is 38.4 Å². The fraction of sp³-hybridized carbons (Fsp3) is 0.357. The molecular formula is C14H16ClN3O3S. The van der Waals surface area contributed by atoms with Crippen LogP contribution in [0.2, 0.25) is 5.02 Å². The quantitative estimate of drug-likeness (QED) is 0.911. The van der Waals surface area contributed by atoms with Gasteiger partial charge in [-0.3, -0.25) is 4.79 Å². The molecule has 0 saturated carbocycles. The highest BCUT2D eigenvalue weighted by Crippen LogP contribution is 2.26. The van der Waals surface area contributed by atoms with Crippen LogP contribution in [0.4, 0.5) is 0 Å². The first-order valence-corrected chi connectivity index (χ1v) is 8.89. The SMILES string of the molecule is CNS(=O)(=O)CC(=O)N1CCn2c(cc3ccc(Cl)cc32)C1. The molecule has 22 heavy (non-hydrogen) atoms. The van der Waals surface area contributed by atoms with E-state index in [1.165, 1.54) is 7.05 Å². The van der Waals surface area contributed by atoms with Crippen LogP contribution in [0, 0.1) is 0 Å². The van der Waals surface area contributed by atoms with Gasteiger partial charge in [-0.05, 0) is 25.2 Å². The van der Waals surface area contributed by atoms with E-state index in [1.807, 2.05) is 24.3 Å². The normalized spacial score (nSPS) is 15.1. The fourth-order valence-corrected chi connectivity index (χ4v) is 3.53. The number of carbonyl (C=O) groups is 1. The molecule has 6 nitrogen and oxygen atoms in total. The Morgan fingerprint density at radius 1 is 1.32 bits per heavy atom. The van der Waals surface area contributed by atoms with Crippen LogP contribution < -0.4 is 4.72 Å². The summed E-state index contributed by atoms with van der Waals surface area (Å²) in [4.78, 5) is 13.7. The fourth-order valence-electron chi connectivity index (χ4n) is 2.71. The number of carbonyl (C=O) groups excluding carboxylic acids is 1. The Hall–Kier alpha value is -1.57. The van der Waals surface area contributed by atoms with Gasteiger partial charge in [-0.2, -0.15) is 0 Å². The van der Waals surface area contributed by atoms with E-state index in [0.717, 1.165) is 16.6 Å². The Morgan fingerprint density at radius 3 is 2.82 bits per heavy atom. The van der Waals surface area contributed by atoms with Gasteiger partial charge < -0.3 is 9.47 Å². The molecule has 0 aliphatic carbocycles. The molecule has 0 bridgehead atoms. The zero-order valence-electron chi connectivity index (χ0n) is 12.0. The van der Waals surface area contributed by atoms with E-state index in [4.69, 9.17) is 11.6 Å². The van der Waals surface area contributed by atoms with Crippen molar-refractivity contribution in [2.24, 2.45) is 0 Å². The molecule has 0 radical (unpaired) electrons. The van der Waals surface area contributed by atoms with Gasteiger partial charge in [-0.1, -0.05) is 17.7 Å². The molecule has 118 valence electrons. The van der Waals surface area contributed by atoms with Crippen molar-refractivity contribution in [3.8, 4) is 0 Å². The summed E-state index contributed by atoms with van der Waals surface area (Å²) in [6.45, 7) is 1.52. The van der Waals surface area contributed by atoms with Crippen LogP contribution >= 0.6 is 11.6 Å². The zero-order valence-corrected chi connectivity index (χ0v) is 13.6. The van der Waals surface area contributed by atoms with Gasteiger partial charge in [0.15, 0.2) is 0 Å². The number of nitrogens with zero attached hydrogens (tertiary/aromatic N) is 2. The third-order valence-electron chi connectivity index (χ3n) is 3.88. The molecule has 0 saturated heterocycles. The number of aromatic nitrogens is 1. The number of hydrogen-bond donors (Lipinski definition) is 1. The van der Waals surface area contributed by atoms with Crippen LogP contribution in [0.1, 0.15) is 5.69 Å². The van der Waals surface area contributed by atoms with E-state index >= 15 is 0 Å². The molecule has 1 aromatic heterocycles. The lowest BCUT2D eigenvalue weighted by Gasteiger charge is -2.29. The molecule has 2 aromatic rings. The number of sulfonamides is 1. The molecule has 1 aromatic carbocycles. The van der Waals surface area contributed by atoms with Crippen LogP contribution in [-0.4, -0.2) is 43.1 Å². The van der Waals surface area contributed by atoms with E-state index in [1.54, 1.807) is 4.90 Å². The third-order valence-corrected chi connectivity index (χ3v) is 5.36. The van der Waals surface area contributed by atoms with E-state index in [2.05, 4.69) is 9.29 Å². The number of amides is 1. The van der Waals surface area contributed by atoms with Gasteiger partial charge in [0.1, 0.15) is 5.75 Å². The minimum atomic E-state index is -3.54. The largest absolute Gasteiger partial charge is 0.341 e. The van der Waals surface area contributed by atoms with Gasteiger partial charge in [-0.25, -0.2) is 13.1 Å². The van der Waals surface area contributed by atoms with Crippen LogP contribution in [-0.2, 0) is 27.9 Å². The maximum atomic E-state index is 12.1. The highest BCUT2D eigenvalue weighted by atomic mass is 35.5. The summed E-state index contributed by atoms with van der Waals surface area (Å²) in [5.74, 6) is -0.904. The molecule has 8 heteroatoms. The highest BCUT2D eigenvalue weighted by Gasteiger charge is 2.25. The summed E-state index contributed by atoms with van der Waals surface area (Å²) in [6.07, 6.45) is 0.